The molecule has 1 heterocycles. The smallest absolute Gasteiger partial charge is 0.227 e. The van der Waals surface area contributed by atoms with Crippen LogP contribution in [0.25, 0.3) is 0 Å². The Hall–Kier alpha value is -1.58. The van der Waals surface area contributed by atoms with E-state index in [9.17, 15) is 9.18 Å². The monoisotopic (exact) mass is 307 g/mol. The average Bonchev–Trinajstić information content (AvgIpc) is 2.48. The Morgan fingerprint density at radius 2 is 1.82 bits per heavy atom. The Morgan fingerprint density at radius 1 is 1.23 bits per heavy atom. The largest absolute Gasteiger partial charge is 0.494 e. The minimum absolute atomic E-state index is 0.244. The van der Waals surface area contributed by atoms with Crippen LogP contribution in [-0.2, 0) is 4.79 Å². The van der Waals surface area contributed by atoms with E-state index in [0.29, 0.717) is 18.3 Å². The van der Waals surface area contributed by atoms with Crippen molar-refractivity contribution >= 4 is 5.91 Å². The Balaban J connectivity index is 1.69. The lowest BCUT2D eigenvalue weighted by molar-refractivity contribution is -0.140. The van der Waals surface area contributed by atoms with Gasteiger partial charge in [0.2, 0.25) is 5.91 Å². The van der Waals surface area contributed by atoms with Crippen LogP contribution in [0.4, 0.5) is 4.39 Å². The van der Waals surface area contributed by atoms with Crippen LogP contribution in [0, 0.1) is 17.2 Å². The van der Waals surface area contributed by atoms with E-state index in [1.54, 1.807) is 12.1 Å². The second-order valence-electron chi connectivity index (χ2n) is 7.08. The molecule has 0 unspecified atom stereocenters. The zero-order chi connectivity index (χ0) is 16.2. The Bertz CT molecular complexity index is 485. The van der Waals surface area contributed by atoms with Gasteiger partial charge in [0.05, 0.1) is 6.61 Å². The highest BCUT2D eigenvalue weighted by Gasteiger charge is 2.30. The molecule has 0 N–H and O–H groups in total. The van der Waals surface area contributed by atoms with Crippen molar-refractivity contribution in [2.24, 2.45) is 11.3 Å². The molecule has 0 atom stereocenters. The summed E-state index contributed by atoms with van der Waals surface area (Å²) in [7, 11) is 0. The summed E-state index contributed by atoms with van der Waals surface area (Å²) >= 11 is 0. The summed E-state index contributed by atoms with van der Waals surface area (Å²) in [5.74, 6) is 1.31. The van der Waals surface area contributed by atoms with E-state index >= 15 is 0 Å². The van der Waals surface area contributed by atoms with Gasteiger partial charge in [0.15, 0.2) is 0 Å². The number of carbonyl (C=O) groups excluding carboxylic acids is 1. The fraction of sp³-hybridized carbons (Fsp3) is 0.611. The topological polar surface area (TPSA) is 29.5 Å². The summed E-state index contributed by atoms with van der Waals surface area (Å²) in [5.41, 5.74) is -0.293. The number of carbonyl (C=O) groups is 1. The lowest BCUT2D eigenvalue weighted by Gasteiger charge is -2.35. The lowest BCUT2D eigenvalue weighted by atomic mass is 9.90. The first-order valence-electron chi connectivity index (χ1n) is 8.04. The van der Waals surface area contributed by atoms with Crippen LogP contribution < -0.4 is 4.74 Å². The minimum Gasteiger partial charge on any atom is -0.494 e. The molecule has 0 saturated carbocycles. The SMILES string of the molecule is CC(C)(C)C(=O)N1CCC(CCOc2ccc(F)cc2)CC1. The summed E-state index contributed by atoms with van der Waals surface area (Å²) in [6.07, 6.45) is 3.05. The van der Waals surface area contributed by atoms with Crippen molar-refractivity contribution in [3.8, 4) is 5.75 Å². The predicted octanol–water partition coefficient (Wildman–Crippen LogP) is 3.88. The third-order valence-corrected chi connectivity index (χ3v) is 4.15. The highest BCUT2D eigenvalue weighted by molar-refractivity contribution is 5.81. The van der Waals surface area contributed by atoms with E-state index in [1.165, 1.54) is 12.1 Å². The number of hydrogen-bond acceptors (Lipinski definition) is 2. The maximum atomic E-state index is 12.8. The molecule has 22 heavy (non-hydrogen) atoms. The summed E-state index contributed by atoms with van der Waals surface area (Å²) in [5, 5.41) is 0. The molecule has 4 heteroatoms. The molecule has 1 aliphatic rings. The van der Waals surface area contributed by atoms with Crippen molar-refractivity contribution in [2.45, 2.75) is 40.0 Å². The van der Waals surface area contributed by atoms with E-state index in [0.717, 1.165) is 32.4 Å². The quantitative estimate of drug-likeness (QED) is 0.845. The molecule has 0 aromatic heterocycles. The van der Waals surface area contributed by atoms with E-state index in [4.69, 9.17) is 4.74 Å². The molecular formula is C18H26FNO2. The Labute approximate surface area is 132 Å². The van der Waals surface area contributed by atoms with Crippen LogP contribution in [-0.4, -0.2) is 30.5 Å². The van der Waals surface area contributed by atoms with Crippen molar-refractivity contribution in [1.82, 2.24) is 4.90 Å². The Morgan fingerprint density at radius 3 is 2.36 bits per heavy atom. The minimum atomic E-state index is -0.293. The fourth-order valence-corrected chi connectivity index (χ4v) is 2.77. The van der Waals surface area contributed by atoms with Crippen molar-refractivity contribution in [3.05, 3.63) is 30.1 Å². The van der Waals surface area contributed by atoms with Crippen LogP contribution in [0.5, 0.6) is 5.75 Å². The molecule has 0 radical (unpaired) electrons. The molecule has 1 fully saturated rings. The van der Waals surface area contributed by atoms with Crippen LogP contribution in [0.3, 0.4) is 0 Å². The summed E-state index contributed by atoms with van der Waals surface area (Å²) in [4.78, 5) is 14.2. The van der Waals surface area contributed by atoms with Gasteiger partial charge in [0.25, 0.3) is 0 Å². The molecule has 1 aliphatic heterocycles. The summed E-state index contributed by atoms with van der Waals surface area (Å²) in [6, 6.07) is 6.12. The first-order chi connectivity index (χ1) is 10.4. The van der Waals surface area contributed by atoms with Gasteiger partial charge in [0.1, 0.15) is 11.6 Å². The van der Waals surface area contributed by atoms with E-state index in [2.05, 4.69) is 0 Å². The molecule has 0 aliphatic carbocycles. The molecule has 0 bridgehead atoms. The third kappa shape index (κ3) is 4.72. The third-order valence-electron chi connectivity index (χ3n) is 4.15. The van der Waals surface area contributed by atoms with Gasteiger partial charge in [-0.1, -0.05) is 20.8 Å². The maximum absolute atomic E-state index is 12.8. The molecule has 1 aromatic carbocycles. The number of likely N-dealkylation sites (tertiary alicyclic amines) is 1. The van der Waals surface area contributed by atoms with Crippen LogP contribution in [0.1, 0.15) is 40.0 Å². The molecule has 1 saturated heterocycles. The maximum Gasteiger partial charge on any atom is 0.227 e. The number of amides is 1. The normalized spacial score (nSPS) is 16.6. The van der Waals surface area contributed by atoms with Crippen molar-refractivity contribution < 1.29 is 13.9 Å². The van der Waals surface area contributed by atoms with Gasteiger partial charge < -0.3 is 9.64 Å². The molecule has 0 spiro atoms. The zero-order valence-electron chi connectivity index (χ0n) is 13.8. The lowest BCUT2D eigenvalue weighted by Crippen LogP contribution is -2.44. The molecule has 1 amide bonds. The van der Waals surface area contributed by atoms with Crippen LogP contribution in [0.15, 0.2) is 24.3 Å². The Kier molecular flexibility index (Phi) is 5.43. The number of halogens is 1. The second-order valence-corrected chi connectivity index (χ2v) is 7.08. The first-order valence-corrected chi connectivity index (χ1v) is 8.04. The van der Waals surface area contributed by atoms with Gasteiger partial charge >= 0.3 is 0 Å². The first kappa shape index (κ1) is 16.8. The van der Waals surface area contributed by atoms with Crippen molar-refractivity contribution in [1.29, 1.82) is 0 Å². The van der Waals surface area contributed by atoms with Gasteiger partial charge in [-0.05, 0) is 49.4 Å². The fourth-order valence-electron chi connectivity index (χ4n) is 2.77. The van der Waals surface area contributed by atoms with Crippen molar-refractivity contribution in [2.75, 3.05) is 19.7 Å². The molecule has 3 nitrogen and oxygen atoms in total. The number of rotatable bonds is 4. The van der Waals surface area contributed by atoms with Gasteiger partial charge in [-0.3, -0.25) is 4.79 Å². The van der Waals surface area contributed by atoms with E-state index in [1.807, 2.05) is 25.7 Å². The zero-order valence-corrected chi connectivity index (χ0v) is 13.8. The van der Waals surface area contributed by atoms with E-state index in [-0.39, 0.29) is 17.1 Å². The standard InChI is InChI=1S/C18H26FNO2/c1-18(2,3)17(21)20-11-8-14(9-12-20)10-13-22-16-6-4-15(19)5-7-16/h4-7,14H,8-13H2,1-3H3. The van der Waals surface area contributed by atoms with Gasteiger partial charge in [0, 0.05) is 18.5 Å². The molecule has 1 aromatic rings. The average molecular weight is 307 g/mol. The number of ether oxygens (including phenoxy) is 1. The number of benzene rings is 1. The second kappa shape index (κ2) is 7.12. The number of nitrogens with zero attached hydrogens (tertiary/aromatic N) is 1. The predicted molar refractivity (Wildman–Crippen MR) is 85.3 cm³/mol. The van der Waals surface area contributed by atoms with Crippen molar-refractivity contribution in [3.63, 3.8) is 0 Å². The van der Waals surface area contributed by atoms with Gasteiger partial charge in [-0.15, -0.1) is 0 Å². The molecule has 2 rings (SSSR count). The molecule has 122 valence electrons. The van der Waals surface area contributed by atoms with E-state index < -0.39 is 0 Å². The highest BCUT2D eigenvalue weighted by atomic mass is 19.1. The summed E-state index contributed by atoms with van der Waals surface area (Å²) in [6.45, 7) is 8.24. The van der Waals surface area contributed by atoms with Crippen LogP contribution >= 0.6 is 0 Å². The van der Waals surface area contributed by atoms with Crippen LogP contribution in [0.2, 0.25) is 0 Å². The highest BCUT2D eigenvalue weighted by Crippen LogP contribution is 2.25. The van der Waals surface area contributed by atoms with Gasteiger partial charge in [-0.2, -0.15) is 0 Å². The van der Waals surface area contributed by atoms with Gasteiger partial charge in [-0.25, -0.2) is 4.39 Å². The number of hydrogen-bond donors (Lipinski definition) is 0. The number of piperidine rings is 1. The molecular weight excluding hydrogens is 281 g/mol. The summed E-state index contributed by atoms with van der Waals surface area (Å²) < 4.78 is 18.4.